The van der Waals surface area contributed by atoms with E-state index in [1.807, 2.05) is 6.92 Å². The minimum absolute atomic E-state index is 0.0393. The van der Waals surface area contributed by atoms with Crippen molar-refractivity contribution in [1.82, 2.24) is 0 Å². The Hall–Kier alpha value is -0.340. The molecule has 1 spiro atoms. The molecule has 2 bridgehead atoms. The van der Waals surface area contributed by atoms with Gasteiger partial charge in [-0.2, -0.15) is 0 Å². The normalized spacial score (nSPS) is 51.9. The van der Waals surface area contributed by atoms with Crippen molar-refractivity contribution in [2.24, 2.45) is 11.3 Å². The first kappa shape index (κ1) is 11.7. The molecule has 0 saturated carbocycles. The molecule has 1 N–H and O–H groups in total. The fourth-order valence-corrected chi connectivity index (χ4v) is 4.50. The minimum atomic E-state index is -0.627. The monoisotopic (exact) mass is 236 g/mol. The van der Waals surface area contributed by atoms with Crippen LogP contribution in [0.5, 0.6) is 0 Å². The zero-order valence-electron chi connectivity index (χ0n) is 11.4. The van der Waals surface area contributed by atoms with Crippen molar-refractivity contribution in [3.63, 3.8) is 0 Å². The summed E-state index contributed by atoms with van der Waals surface area (Å²) >= 11 is 0. The predicted octanol–water partition coefficient (Wildman–Crippen LogP) is 3.05. The molecule has 0 amide bonds. The average molecular weight is 236 g/mol. The standard InChI is InChI=1S/C15H24O2/c1-10-7-13(2,3)8-11-9-14(4,16)12-5-6-15(10,11)17-12/h7,11-12,16H,5-6,8-9H2,1-4H3/t11-,12-,14+,15+/m1/s1. The largest absolute Gasteiger partial charge is 0.387 e. The predicted molar refractivity (Wildman–Crippen MR) is 67.7 cm³/mol. The molecule has 1 aliphatic carbocycles. The lowest BCUT2D eigenvalue weighted by Gasteiger charge is -2.52. The Bertz CT molecular complexity index is 380. The van der Waals surface area contributed by atoms with Gasteiger partial charge >= 0.3 is 0 Å². The van der Waals surface area contributed by atoms with Crippen molar-refractivity contribution in [3.05, 3.63) is 11.6 Å². The molecule has 3 aliphatic rings. The van der Waals surface area contributed by atoms with Gasteiger partial charge in [0.2, 0.25) is 0 Å². The summed E-state index contributed by atoms with van der Waals surface area (Å²) in [5.74, 6) is 0.483. The summed E-state index contributed by atoms with van der Waals surface area (Å²) in [6, 6.07) is 0. The lowest BCUT2D eigenvalue weighted by atomic mass is 9.62. The maximum atomic E-state index is 10.5. The first-order chi connectivity index (χ1) is 7.75. The van der Waals surface area contributed by atoms with E-state index in [9.17, 15) is 5.11 Å². The van der Waals surface area contributed by atoms with E-state index in [2.05, 4.69) is 26.8 Å². The highest BCUT2D eigenvalue weighted by molar-refractivity contribution is 5.29. The lowest BCUT2D eigenvalue weighted by Crippen LogP contribution is -2.55. The molecule has 0 aromatic heterocycles. The maximum Gasteiger partial charge on any atom is 0.0924 e. The molecular weight excluding hydrogens is 212 g/mol. The summed E-state index contributed by atoms with van der Waals surface area (Å²) in [5, 5.41) is 10.5. The number of fused-ring (bicyclic) bond motifs is 1. The van der Waals surface area contributed by atoms with E-state index in [1.165, 1.54) is 5.57 Å². The molecule has 3 rings (SSSR count). The van der Waals surface area contributed by atoms with Gasteiger partial charge in [0.1, 0.15) is 0 Å². The van der Waals surface area contributed by atoms with Crippen LogP contribution in [0.4, 0.5) is 0 Å². The molecule has 2 nitrogen and oxygen atoms in total. The highest BCUT2D eigenvalue weighted by Gasteiger charge is 2.60. The molecule has 2 aliphatic heterocycles. The maximum absolute atomic E-state index is 10.5. The Labute approximate surface area is 104 Å². The van der Waals surface area contributed by atoms with Crippen LogP contribution in [0.3, 0.4) is 0 Å². The fourth-order valence-electron chi connectivity index (χ4n) is 4.50. The number of hydrogen-bond acceptors (Lipinski definition) is 2. The molecule has 0 aromatic rings. The summed E-state index contributed by atoms with van der Waals surface area (Å²) in [5.41, 5.74) is 0.979. The van der Waals surface area contributed by atoms with Gasteiger partial charge in [-0.15, -0.1) is 0 Å². The number of allylic oxidation sites excluding steroid dienone is 1. The van der Waals surface area contributed by atoms with Crippen LogP contribution in [0.2, 0.25) is 0 Å². The van der Waals surface area contributed by atoms with E-state index in [0.29, 0.717) is 5.92 Å². The van der Waals surface area contributed by atoms with E-state index in [-0.39, 0.29) is 17.1 Å². The molecule has 2 saturated heterocycles. The quantitative estimate of drug-likeness (QED) is 0.655. The molecule has 0 unspecified atom stereocenters. The lowest BCUT2D eigenvalue weighted by molar-refractivity contribution is -0.196. The van der Waals surface area contributed by atoms with E-state index in [0.717, 1.165) is 25.7 Å². The van der Waals surface area contributed by atoms with Crippen molar-refractivity contribution in [2.45, 2.75) is 70.7 Å². The van der Waals surface area contributed by atoms with E-state index >= 15 is 0 Å². The highest BCUT2D eigenvalue weighted by Crippen LogP contribution is 2.58. The van der Waals surface area contributed by atoms with Gasteiger partial charge in [0.15, 0.2) is 0 Å². The SMILES string of the molecule is CC1=CC(C)(C)C[C@@H]2C[C@](C)(O)[C@H]3CC[C@]12O3. The fraction of sp³-hybridized carbons (Fsp3) is 0.867. The van der Waals surface area contributed by atoms with E-state index in [4.69, 9.17) is 4.74 Å². The van der Waals surface area contributed by atoms with Crippen molar-refractivity contribution in [3.8, 4) is 0 Å². The second-order valence-electron chi connectivity index (χ2n) is 7.31. The van der Waals surface area contributed by atoms with Gasteiger partial charge in [-0.3, -0.25) is 0 Å². The number of rotatable bonds is 0. The second-order valence-corrected chi connectivity index (χ2v) is 7.31. The summed E-state index contributed by atoms with van der Waals surface area (Å²) in [7, 11) is 0. The van der Waals surface area contributed by atoms with Gasteiger partial charge in [0.25, 0.3) is 0 Å². The average Bonchev–Trinajstić information content (AvgIpc) is 2.54. The van der Waals surface area contributed by atoms with Crippen LogP contribution < -0.4 is 0 Å². The first-order valence-electron chi connectivity index (χ1n) is 6.85. The van der Waals surface area contributed by atoms with Crippen LogP contribution in [-0.4, -0.2) is 22.4 Å². The second kappa shape index (κ2) is 3.16. The Morgan fingerprint density at radius 3 is 2.71 bits per heavy atom. The third-order valence-electron chi connectivity index (χ3n) is 5.19. The van der Waals surface area contributed by atoms with Gasteiger partial charge in [-0.05, 0) is 56.4 Å². The van der Waals surface area contributed by atoms with Crippen molar-refractivity contribution in [1.29, 1.82) is 0 Å². The van der Waals surface area contributed by atoms with Crippen LogP contribution in [0.1, 0.15) is 53.4 Å². The summed E-state index contributed by atoms with van der Waals surface area (Å²) in [6.07, 6.45) is 6.57. The van der Waals surface area contributed by atoms with Crippen molar-refractivity contribution in [2.75, 3.05) is 0 Å². The molecule has 17 heavy (non-hydrogen) atoms. The minimum Gasteiger partial charge on any atom is -0.387 e. The highest BCUT2D eigenvalue weighted by atomic mass is 16.5. The van der Waals surface area contributed by atoms with Crippen molar-refractivity contribution < 1.29 is 9.84 Å². The molecule has 96 valence electrons. The third-order valence-corrected chi connectivity index (χ3v) is 5.19. The topological polar surface area (TPSA) is 29.5 Å². The molecular formula is C15H24O2. The first-order valence-corrected chi connectivity index (χ1v) is 6.85. The molecule has 4 atom stereocenters. The Kier molecular flexibility index (Phi) is 2.18. The van der Waals surface area contributed by atoms with E-state index in [1.54, 1.807) is 0 Å². The van der Waals surface area contributed by atoms with Gasteiger partial charge in [-0.25, -0.2) is 0 Å². The zero-order chi connectivity index (χ0) is 12.5. The van der Waals surface area contributed by atoms with Gasteiger partial charge in [0, 0.05) is 0 Å². The van der Waals surface area contributed by atoms with Crippen molar-refractivity contribution >= 4 is 0 Å². The van der Waals surface area contributed by atoms with Crippen LogP contribution in [-0.2, 0) is 4.74 Å². The number of aliphatic hydroxyl groups is 1. The molecule has 2 heterocycles. The third kappa shape index (κ3) is 1.53. The van der Waals surface area contributed by atoms with Crippen LogP contribution in [0, 0.1) is 11.3 Å². The molecule has 2 heteroatoms. The smallest absolute Gasteiger partial charge is 0.0924 e. The summed E-state index contributed by atoms with van der Waals surface area (Å²) < 4.78 is 6.29. The Morgan fingerprint density at radius 1 is 1.29 bits per heavy atom. The molecule has 2 fully saturated rings. The molecule has 0 aromatic carbocycles. The Balaban J connectivity index is 2.04. The molecule has 0 radical (unpaired) electrons. The van der Waals surface area contributed by atoms with Crippen LogP contribution >= 0.6 is 0 Å². The Morgan fingerprint density at radius 2 is 2.00 bits per heavy atom. The van der Waals surface area contributed by atoms with E-state index < -0.39 is 5.60 Å². The van der Waals surface area contributed by atoms with Gasteiger partial charge in [-0.1, -0.05) is 19.9 Å². The van der Waals surface area contributed by atoms with Crippen LogP contribution in [0.15, 0.2) is 11.6 Å². The zero-order valence-corrected chi connectivity index (χ0v) is 11.4. The summed E-state index contributed by atoms with van der Waals surface area (Å²) in [6.45, 7) is 8.75. The summed E-state index contributed by atoms with van der Waals surface area (Å²) in [4.78, 5) is 0. The van der Waals surface area contributed by atoms with Gasteiger partial charge < -0.3 is 9.84 Å². The van der Waals surface area contributed by atoms with Crippen LogP contribution in [0.25, 0.3) is 0 Å². The number of ether oxygens (including phenoxy) is 1. The number of hydrogen-bond donors (Lipinski definition) is 1. The van der Waals surface area contributed by atoms with Gasteiger partial charge in [0.05, 0.1) is 17.3 Å².